The van der Waals surface area contributed by atoms with E-state index in [1.807, 2.05) is 78.9 Å². The van der Waals surface area contributed by atoms with Gasteiger partial charge in [0.05, 0.1) is 16.8 Å². The van der Waals surface area contributed by atoms with E-state index in [4.69, 9.17) is 4.98 Å². The zero-order chi connectivity index (χ0) is 18.9. The summed E-state index contributed by atoms with van der Waals surface area (Å²) < 4.78 is 0. The highest BCUT2D eigenvalue weighted by molar-refractivity contribution is 8.08. The zero-order valence-corrected chi connectivity index (χ0v) is 15.9. The molecule has 134 valence electrons. The average molecular weight is 379 g/mol. The van der Waals surface area contributed by atoms with Crippen LogP contribution >= 0.6 is 11.8 Å². The van der Waals surface area contributed by atoms with Crippen molar-refractivity contribution in [1.29, 1.82) is 0 Å². The molecule has 0 saturated carbocycles. The van der Waals surface area contributed by atoms with Gasteiger partial charge in [0.15, 0.2) is 5.78 Å². The van der Waals surface area contributed by atoms with Gasteiger partial charge in [0.25, 0.3) is 0 Å². The average Bonchev–Trinajstić information content (AvgIpc) is 3.03. The second-order valence-electron chi connectivity index (χ2n) is 6.75. The lowest BCUT2D eigenvalue weighted by Gasteiger charge is -2.08. The molecule has 0 fully saturated rings. The Hall–Kier alpha value is -3.17. The van der Waals surface area contributed by atoms with Gasteiger partial charge >= 0.3 is 0 Å². The minimum Gasteiger partial charge on any atom is -0.288 e. The number of aromatic nitrogens is 1. The molecule has 0 bridgehead atoms. The third-order valence-electron chi connectivity index (χ3n) is 4.93. The first-order chi connectivity index (χ1) is 13.8. The summed E-state index contributed by atoms with van der Waals surface area (Å²) in [7, 11) is 0. The maximum atomic E-state index is 13.4. The molecule has 3 aromatic carbocycles. The van der Waals surface area contributed by atoms with Gasteiger partial charge < -0.3 is 0 Å². The molecule has 3 heteroatoms. The Labute approximate surface area is 167 Å². The number of allylic oxidation sites excluding steroid dienone is 1. The van der Waals surface area contributed by atoms with Crippen LogP contribution in [-0.4, -0.2) is 10.8 Å². The molecule has 0 aliphatic heterocycles. The van der Waals surface area contributed by atoms with Crippen molar-refractivity contribution in [3.63, 3.8) is 0 Å². The Morgan fingerprint density at radius 2 is 1.46 bits per heavy atom. The number of hydrogen-bond acceptors (Lipinski definition) is 3. The summed E-state index contributed by atoms with van der Waals surface area (Å²) in [6.45, 7) is 0. The fourth-order valence-corrected chi connectivity index (χ4v) is 4.71. The van der Waals surface area contributed by atoms with Crippen LogP contribution in [0.1, 0.15) is 27.2 Å². The highest BCUT2D eigenvalue weighted by Gasteiger charge is 2.32. The number of nitrogens with zero attached hydrogens (tertiary/aromatic N) is 1. The van der Waals surface area contributed by atoms with Crippen LogP contribution in [0.5, 0.6) is 0 Å². The lowest BCUT2D eigenvalue weighted by molar-refractivity contribution is 0.105. The van der Waals surface area contributed by atoms with Gasteiger partial charge in [-0.25, -0.2) is 4.98 Å². The van der Waals surface area contributed by atoms with Crippen molar-refractivity contribution in [2.45, 2.75) is 5.75 Å². The predicted octanol–water partition coefficient (Wildman–Crippen LogP) is 6.23. The van der Waals surface area contributed by atoms with Crippen LogP contribution < -0.4 is 0 Å². The highest BCUT2D eigenvalue weighted by Crippen LogP contribution is 2.45. The molecule has 0 atom stereocenters. The molecule has 2 nitrogen and oxygen atoms in total. The number of benzene rings is 3. The SMILES string of the molecule is O=C1C(c2ccccc2)=C(SCc2ccccc2)c2nc3ccccc3cc21. The second-order valence-corrected chi connectivity index (χ2v) is 7.74. The Balaban J connectivity index is 1.66. The molecule has 0 saturated heterocycles. The van der Waals surface area contributed by atoms with Gasteiger partial charge in [-0.3, -0.25) is 4.79 Å². The van der Waals surface area contributed by atoms with Crippen LogP contribution in [0.15, 0.2) is 91.0 Å². The van der Waals surface area contributed by atoms with Gasteiger partial charge in [-0.1, -0.05) is 78.9 Å². The van der Waals surface area contributed by atoms with Gasteiger partial charge in [0.2, 0.25) is 0 Å². The largest absolute Gasteiger partial charge is 0.288 e. The van der Waals surface area contributed by atoms with E-state index >= 15 is 0 Å². The van der Waals surface area contributed by atoms with Crippen molar-refractivity contribution in [1.82, 2.24) is 4.98 Å². The van der Waals surface area contributed by atoms with E-state index in [9.17, 15) is 4.79 Å². The lowest BCUT2D eigenvalue weighted by Crippen LogP contribution is -1.99. The van der Waals surface area contributed by atoms with Gasteiger partial charge in [-0.15, -0.1) is 11.8 Å². The molecule has 1 heterocycles. The third kappa shape index (κ3) is 2.94. The third-order valence-corrected chi connectivity index (χ3v) is 6.09. The Morgan fingerprint density at radius 3 is 2.25 bits per heavy atom. The molecular weight excluding hydrogens is 362 g/mol. The summed E-state index contributed by atoms with van der Waals surface area (Å²) in [5.41, 5.74) is 5.37. The van der Waals surface area contributed by atoms with Crippen LogP contribution in [0.25, 0.3) is 21.4 Å². The van der Waals surface area contributed by atoms with E-state index in [0.29, 0.717) is 5.56 Å². The summed E-state index contributed by atoms with van der Waals surface area (Å²) in [6, 6.07) is 30.2. The van der Waals surface area contributed by atoms with E-state index in [1.54, 1.807) is 11.8 Å². The van der Waals surface area contributed by atoms with Crippen molar-refractivity contribution in [3.05, 3.63) is 113 Å². The molecule has 1 aliphatic rings. The number of Topliss-reactive ketones (excluding diaryl/α,β-unsaturated/α-hetero) is 1. The van der Waals surface area contributed by atoms with E-state index < -0.39 is 0 Å². The maximum absolute atomic E-state index is 13.4. The molecule has 0 spiro atoms. The van der Waals surface area contributed by atoms with Gasteiger partial charge in [0.1, 0.15) is 0 Å². The molecule has 5 rings (SSSR count). The van der Waals surface area contributed by atoms with Crippen LogP contribution in [0.4, 0.5) is 0 Å². The zero-order valence-electron chi connectivity index (χ0n) is 15.1. The number of rotatable bonds is 4. The first-order valence-corrected chi connectivity index (χ1v) is 10.2. The van der Waals surface area contributed by atoms with Crippen molar-refractivity contribution in [2.24, 2.45) is 0 Å². The van der Waals surface area contributed by atoms with Crippen LogP contribution in [-0.2, 0) is 5.75 Å². The molecule has 1 aliphatic carbocycles. The van der Waals surface area contributed by atoms with Crippen molar-refractivity contribution in [2.75, 3.05) is 0 Å². The first kappa shape index (κ1) is 17.0. The summed E-state index contributed by atoms with van der Waals surface area (Å²) in [5, 5.41) is 0.997. The molecule has 0 unspecified atom stereocenters. The number of fused-ring (bicyclic) bond motifs is 2. The van der Waals surface area contributed by atoms with E-state index in [1.165, 1.54) is 5.56 Å². The molecule has 0 N–H and O–H groups in total. The number of pyridine rings is 1. The van der Waals surface area contributed by atoms with Crippen molar-refractivity contribution >= 4 is 38.9 Å². The fraction of sp³-hybridized carbons (Fsp3) is 0.0400. The molecule has 4 aromatic rings. The molecule has 1 aromatic heterocycles. The van der Waals surface area contributed by atoms with Crippen LogP contribution in [0, 0.1) is 0 Å². The van der Waals surface area contributed by atoms with Gasteiger partial charge in [-0.05, 0) is 23.3 Å². The molecule has 28 heavy (non-hydrogen) atoms. The Bertz CT molecular complexity index is 1210. The number of hydrogen-bond donors (Lipinski definition) is 0. The van der Waals surface area contributed by atoms with Crippen LogP contribution in [0.3, 0.4) is 0 Å². The normalized spacial score (nSPS) is 13.2. The van der Waals surface area contributed by atoms with Crippen molar-refractivity contribution < 1.29 is 4.79 Å². The topological polar surface area (TPSA) is 30.0 Å². The Morgan fingerprint density at radius 1 is 0.786 bits per heavy atom. The number of ketones is 1. The van der Waals surface area contributed by atoms with E-state index in [-0.39, 0.29) is 5.78 Å². The smallest absolute Gasteiger partial charge is 0.197 e. The first-order valence-electron chi connectivity index (χ1n) is 9.22. The maximum Gasteiger partial charge on any atom is 0.197 e. The second kappa shape index (κ2) is 7.10. The summed E-state index contributed by atoms with van der Waals surface area (Å²) in [4.78, 5) is 19.2. The van der Waals surface area contributed by atoms with Crippen molar-refractivity contribution in [3.8, 4) is 0 Å². The quantitative estimate of drug-likeness (QED) is 0.421. The number of carbonyl (C=O) groups is 1. The van der Waals surface area contributed by atoms with E-state index in [2.05, 4.69) is 12.1 Å². The number of thioether (sulfide) groups is 1. The van der Waals surface area contributed by atoms with E-state index in [0.717, 1.165) is 38.4 Å². The molecule has 0 radical (unpaired) electrons. The Kier molecular flexibility index (Phi) is 4.30. The summed E-state index contributed by atoms with van der Waals surface area (Å²) in [6.07, 6.45) is 0. The lowest BCUT2D eigenvalue weighted by atomic mass is 10.0. The fourth-order valence-electron chi connectivity index (χ4n) is 3.56. The summed E-state index contributed by atoms with van der Waals surface area (Å²) >= 11 is 1.69. The van der Waals surface area contributed by atoms with Crippen LogP contribution in [0.2, 0.25) is 0 Å². The molecular formula is C25H17NOS. The standard InChI is InChI=1S/C25H17NOS/c27-24-20-15-19-13-7-8-14-21(19)26-23(20)25(22(24)18-11-5-2-6-12-18)28-16-17-9-3-1-4-10-17/h1-15H,16H2. The number of carbonyl (C=O) groups excluding carboxylic acids is 1. The molecule has 0 amide bonds. The minimum atomic E-state index is 0.0648. The monoisotopic (exact) mass is 379 g/mol. The van der Waals surface area contributed by atoms with Gasteiger partial charge in [-0.2, -0.15) is 0 Å². The predicted molar refractivity (Wildman–Crippen MR) is 117 cm³/mol. The van der Waals surface area contributed by atoms with Gasteiger partial charge in [0, 0.05) is 21.6 Å². The summed E-state index contributed by atoms with van der Waals surface area (Å²) in [5.74, 6) is 0.864. The minimum absolute atomic E-state index is 0.0648. The highest BCUT2D eigenvalue weighted by atomic mass is 32.2. The number of para-hydroxylation sites is 1.